The van der Waals surface area contributed by atoms with Crippen LogP contribution < -0.4 is 19.5 Å². The van der Waals surface area contributed by atoms with Gasteiger partial charge in [-0.25, -0.2) is 0 Å². The normalized spacial score (nSPS) is 14.5. The Hall–Kier alpha value is -3.96. The fourth-order valence-electron chi connectivity index (χ4n) is 5.07. The monoisotopic (exact) mass is 640 g/mol. The molecule has 1 amide bonds. The number of carbonyl (C=O) groups is 4. The minimum Gasteiger partial charge on any atom is -0.456 e. The summed E-state index contributed by atoms with van der Waals surface area (Å²) in [4.78, 5) is 52.6. The van der Waals surface area contributed by atoms with Crippen LogP contribution in [0.4, 0.5) is 0 Å². The number of ether oxygens (including phenoxy) is 4. The summed E-state index contributed by atoms with van der Waals surface area (Å²) >= 11 is 12.9. The predicted octanol–water partition coefficient (Wildman–Crippen LogP) is 5.49. The maximum Gasteiger partial charge on any atom is 0.308 e. The Bertz CT molecular complexity index is 1630. The van der Waals surface area contributed by atoms with Crippen LogP contribution in [0, 0.1) is 0 Å². The van der Waals surface area contributed by atoms with Crippen LogP contribution in [-0.4, -0.2) is 67.9 Å². The first-order valence-electron chi connectivity index (χ1n) is 14.1. The molecule has 0 bridgehead atoms. The van der Waals surface area contributed by atoms with Crippen LogP contribution in [0.2, 0.25) is 10.0 Å². The number of Topliss-reactive ketones (excluding diaryl/α,β-unsaturated/α-hetero) is 1. The summed E-state index contributed by atoms with van der Waals surface area (Å²) in [6, 6.07) is 10.7. The highest BCUT2D eigenvalue weighted by molar-refractivity contribution is 6.33. The zero-order valence-corrected chi connectivity index (χ0v) is 25.7. The molecule has 0 aliphatic carbocycles. The number of esters is 2. The number of hydrogen-bond donors (Lipinski definition) is 1. The Morgan fingerprint density at radius 3 is 2.20 bits per heavy atom. The first kappa shape index (κ1) is 31.5. The van der Waals surface area contributed by atoms with Gasteiger partial charge in [-0.15, -0.1) is 0 Å². The molecule has 2 aliphatic heterocycles. The molecule has 230 valence electrons. The maximum atomic E-state index is 13.8. The molecule has 3 aromatic rings. The number of nitrogens with zero attached hydrogens (tertiary/aromatic N) is 1. The second-order valence-corrected chi connectivity index (χ2v) is 11.2. The zero-order chi connectivity index (χ0) is 31.4. The van der Waals surface area contributed by atoms with Crippen molar-refractivity contribution in [2.45, 2.75) is 26.7 Å². The molecule has 0 atom stereocenters. The van der Waals surface area contributed by atoms with Gasteiger partial charge in [-0.1, -0.05) is 29.3 Å². The summed E-state index contributed by atoms with van der Waals surface area (Å²) in [5, 5.41) is 3.16. The number of benzene rings is 3. The lowest BCUT2D eigenvalue weighted by Gasteiger charge is -2.26. The van der Waals surface area contributed by atoms with Gasteiger partial charge in [0.15, 0.2) is 17.3 Å². The summed E-state index contributed by atoms with van der Waals surface area (Å²) < 4.78 is 22.1. The van der Waals surface area contributed by atoms with Crippen LogP contribution in [0.1, 0.15) is 46.5 Å². The lowest BCUT2D eigenvalue weighted by Crippen LogP contribution is -2.38. The number of nitrogens with one attached hydrogen (secondary N) is 1. The van der Waals surface area contributed by atoms with Crippen LogP contribution in [0.15, 0.2) is 42.5 Å². The van der Waals surface area contributed by atoms with Gasteiger partial charge < -0.3 is 24.3 Å². The number of morpholine rings is 1. The molecule has 2 aliphatic rings. The van der Waals surface area contributed by atoms with Gasteiger partial charge in [0.1, 0.15) is 11.5 Å². The molecule has 12 heteroatoms. The zero-order valence-electron chi connectivity index (χ0n) is 24.2. The predicted molar refractivity (Wildman–Crippen MR) is 163 cm³/mol. The molecule has 10 nitrogen and oxygen atoms in total. The number of rotatable bonds is 7. The molecule has 0 aromatic heterocycles. The quantitative estimate of drug-likeness (QED) is 0.203. The van der Waals surface area contributed by atoms with Crippen molar-refractivity contribution < 1.29 is 38.1 Å². The molecule has 2 heterocycles. The molecular formula is C32H30Cl2N2O8. The smallest absolute Gasteiger partial charge is 0.308 e. The molecule has 1 N–H and O–H groups in total. The van der Waals surface area contributed by atoms with Gasteiger partial charge in [0.05, 0.1) is 23.3 Å². The second kappa shape index (κ2) is 13.8. The molecule has 44 heavy (non-hydrogen) atoms. The molecule has 0 radical (unpaired) electrons. The maximum absolute atomic E-state index is 13.8. The van der Waals surface area contributed by atoms with E-state index < -0.39 is 11.9 Å². The Morgan fingerprint density at radius 1 is 0.864 bits per heavy atom. The third-order valence-electron chi connectivity index (χ3n) is 7.14. The van der Waals surface area contributed by atoms with E-state index >= 15 is 0 Å². The molecular weight excluding hydrogens is 611 g/mol. The second-order valence-electron chi connectivity index (χ2n) is 10.4. The minimum atomic E-state index is -0.588. The van der Waals surface area contributed by atoms with Crippen molar-refractivity contribution in [3.05, 3.63) is 69.2 Å². The van der Waals surface area contributed by atoms with E-state index in [9.17, 15) is 19.2 Å². The summed E-state index contributed by atoms with van der Waals surface area (Å²) in [7, 11) is 0. The fourth-order valence-corrected chi connectivity index (χ4v) is 5.50. The van der Waals surface area contributed by atoms with Crippen molar-refractivity contribution in [2.24, 2.45) is 0 Å². The largest absolute Gasteiger partial charge is 0.456 e. The van der Waals surface area contributed by atoms with Gasteiger partial charge in [-0.3, -0.25) is 24.1 Å². The number of amides is 1. The number of carbonyl (C=O) groups excluding carboxylic acids is 4. The van der Waals surface area contributed by atoms with Gasteiger partial charge in [-0.05, 0) is 42.8 Å². The molecule has 5 rings (SSSR count). The first-order valence-corrected chi connectivity index (χ1v) is 14.8. The third-order valence-corrected chi connectivity index (χ3v) is 7.73. The average Bonchev–Trinajstić information content (AvgIpc) is 3.02. The Kier molecular flexibility index (Phi) is 9.85. The third kappa shape index (κ3) is 7.39. The molecule has 0 unspecified atom stereocenters. The van der Waals surface area contributed by atoms with E-state index in [1.807, 2.05) is 0 Å². The Labute approximate surface area is 264 Å². The lowest BCUT2D eigenvalue weighted by molar-refractivity contribution is -0.132. The van der Waals surface area contributed by atoms with Crippen LogP contribution in [-0.2, 0) is 20.7 Å². The van der Waals surface area contributed by atoms with E-state index in [1.165, 1.54) is 38.1 Å². The number of fused-ring (bicyclic) bond motifs is 4. The van der Waals surface area contributed by atoms with E-state index in [2.05, 4.69) is 10.2 Å². The molecule has 0 saturated carbocycles. The average molecular weight is 642 g/mol. The van der Waals surface area contributed by atoms with Crippen LogP contribution in [0.25, 0.3) is 11.1 Å². The van der Waals surface area contributed by atoms with Crippen molar-refractivity contribution in [1.29, 1.82) is 0 Å². The molecule has 1 fully saturated rings. The van der Waals surface area contributed by atoms with Gasteiger partial charge in [-0.2, -0.15) is 0 Å². The lowest BCUT2D eigenvalue weighted by atomic mass is 9.92. The van der Waals surface area contributed by atoms with E-state index in [1.54, 1.807) is 18.2 Å². The van der Waals surface area contributed by atoms with Crippen molar-refractivity contribution >= 4 is 46.8 Å². The van der Waals surface area contributed by atoms with Gasteiger partial charge in [0, 0.05) is 74.3 Å². The number of hydrogen-bond acceptors (Lipinski definition) is 9. The Morgan fingerprint density at radius 2 is 1.52 bits per heavy atom. The first-order chi connectivity index (χ1) is 21.1. The Balaban J connectivity index is 1.51. The highest BCUT2D eigenvalue weighted by atomic mass is 35.5. The number of halogens is 2. The van der Waals surface area contributed by atoms with Crippen molar-refractivity contribution in [3.8, 4) is 34.1 Å². The van der Waals surface area contributed by atoms with Crippen LogP contribution >= 0.6 is 23.2 Å². The fraction of sp³-hybridized carbons (Fsp3) is 0.312. The summed E-state index contributed by atoms with van der Waals surface area (Å²) in [6.07, 6.45) is 0.641. The van der Waals surface area contributed by atoms with Gasteiger partial charge >= 0.3 is 11.9 Å². The van der Waals surface area contributed by atoms with Gasteiger partial charge in [0.2, 0.25) is 0 Å². The van der Waals surface area contributed by atoms with Gasteiger partial charge in [0.25, 0.3) is 5.91 Å². The molecule has 3 aromatic carbocycles. The van der Waals surface area contributed by atoms with Crippen molar-refractivity contribution in [2.75, 3.05) is 39.4 Å². The van der Waals surface area contributed by atoms with E-state index in [0.29, 0.717) is 42.0 Å². The van der Waals surface area contributed by atoms with Crippen molar-refractivity contribution in [1.82, 2.24) is 10.2 Å². The molecule has 0 spiro atoms. The highest BCUT2D eigenvalue weighted by Gasteiger charge is 2.26. The van der Waals surface area contributed by atoms with Crippen molar-refractivity contribution in [3.63, 3.8) is 0 Å². The standard InChI is InChI=1S/C32H30Cl2N2O8/c1-18(37)42-30-16-28-21(13-25(30)33)14-27(39)23-12-20(32(40)35-6-3-7-36-8-10-41-11-9-36)4-5-22(23)24-15-26(34)31(43-19(2)38)17-29(24)44-28/h4-5,12-13,15-17H,3,6-11,14H2,1-2H3,(H,35,40). The summed E-state index contributed by atoms with van der Waals surface area (Å²) in [5.41, 5.74) is 1.88. The minimum absolute atomic E-state index is 0.0467. The topological polar surface area (TPSA) is 120 Å². The van der Waals surface area contributed by atoms with Crippen LogP contribution in [0.5, 0.6) is 23.0 Å². The SMILES string of the molecule is CC(=O)Oc1cc2c(cc1Cl)CC(=O)c1cc(C(=O)NCCCN3CCOCC3)ccc1-c1cc(Cl)c(OC(C)=O)cc1O2. The van der Waals surface area contributed by atoms with E-state index in [0.717, 1.165) is 26.1 Å². The summed E-state index contributed by atoms with van der Waals surface area (Å²) in [6.45, 7) is 6.97. The molecule has 1 saturated heterocycles. The van der Waals surface area contributed by atoms with Crippen LogP contribution in [0.3, 0.4) is 0 Å². The van der Waals surface area contributed by atoms with E-state index in [-0.39, 0.29) is 56.7 Å². The highest BCUT2D eigenvalue weighted by Crippen LogP contribution is 2.45. The van der Waals surface area contributed by atoms with E-state index in [4.69, 9.17) is 42.1 Å². The number of ketones is 1. The summed E-state index contributed by atoms with van der Waals surface area (Å²) in [5.74, 6) is -1.29.